The highest BCUT2D eigenvalue weighted by atomic mass is 16.5. The monoisotopic (exact) mass is 328 g/mol. The fourth-order valence-corrected chi connectivity index (χ4v) is 1.99. The summed E-state index contributed by atoms with van der Waals surface area (Å²) in [6.07, 6.45) is 1.55. The molecule has 0 spiro atoms. The summed E-state index contributed by atoms with van der Waals surface area (Å²) in [7, 11) is 1.46. The number of urea groups is 1. The van der Waals surface area contributed by atoms with Crippen LogP contribution in [0.15, 0.2) is 42.6 Å². The molecule has 3 N–H and O–H groups in total. The molecule has 1 heterocycles. The van der Waals surface area contributed by atoms with Crippen molar-refractivity contribution in [2.75, 3.05) is 17.7 Å². The molecule has 0 aliphatic heterocycles. The third-order valence-corrected chi connectivity index (χ3v) is 3.03. The number of aromatic nitrogens is 1. The van der Waals surface area contributed by atoms with E-state index in [4.69, 9.17) is 4.74 Å². The summed E-state index contributed by atoms with van der Waals surface area (Å²) in [5.41, 5.74) is 1.57. The SMILES string of the molecule is COc1ncccc1C(=O)Nc1ccc(NC(=O)NC(C)C)cc1. The van der Waals surface area contributed by atoms with Crippen molar-refractivity contribution in [1.29, 1.82) is 0 Å². The molecular weight excluding hydrogens is 308 g/mol. The van der Waals surface area contributed by atoms with Crippen molar-refractivity contribution in [3.8, 4) is 5.88 Å². The lowest BCUT2D eigenvalue weighted by atomic mass is 10.2. The van der Waals surface area contributed by atoms with Gasteiger partial charge in [0.2, 0.25) is 5.88 Å². The molecule has 7 nitrogen and oxygen atoms in total. The predicted octanol–water partition coefficient (Wildman–Crippen LogP) is 2.87. The molecule has 0 saturated carbocycles. The maximum atomic E-state index is 12.3. The molecule has 126 valence electrons. The van der Waals surface area contributed by atoms with Crippen LogP contribution in [0.3, 0.4) is 0 Å². The van der Waals surface area contributed by atoms with E-state index in [1.807, 2.05) is 13.8 Å². The lowest BCUT2D eigenvalue weighted by Gasteiger charge is -2.11. The normalized spacial score (nSPS) is 10.2. The summed E-state index contributed by atoms with van der Waals surface area (Å²) < 4.78 is 5.07. The van der Waals surface area contributed by atoms with E-state index in [0.29, 0.717) is 16.9 Å². The lowest BCUT2D eigenvalue weighted by molar-refractivity contribution is 0.102. The molecule has 0 fully saturated rings. The van der Waals surface area contributed by atoms with E-state index in [-0.39, 0.29) is 23.9 Å². The average molecular weight is 328 g/mol. The molecule has 0 aliphatic carbocycles. The van der Waals surface area contributed by atoms with Crippen LogP contribution >= 0.6 is 0 Å². The second kappa shape index (κ2) is 7.96. The number of pyridine rings is 1. The van der Waals surface area contributed by atoms with Gasteiger partial charge in [-0.2, -0.15) is 0 Å². The van der Waals surface area contributed by atoms with Crippen molar-refractivity contribution in [1.82, 2.24) is 10.3 Å². The van der Waals surface area contributed by atoms with Crippen LogP contribution in [-0.2, 0) is 0 Å². The minimum atomic E-state index is -0.321. The van der Waals surface area contributed by atoms with E-state index in [9.17, 15) is 9.59 Å². The van der Waals surface area contributed by atoms with Gasteiger partial charge in [-0.25, -0.2) is 9.78 Å². The Labute approximate surface area is 140 Å². The number of nitrogens with zero attached hydrogens (tertiary/aromatic N) is 1. The van der Waals surface area contributed by atoms with E-state index in [0.717, 1.165) is 0 Å². The zero-order valence-corrected chi connectivity index (χ0v) is 13.8. The highest BCUT2D eigenvalue weighted by Crippen LogP contribution is 2.18. The van der Waals surface area contributed by atoms with Gasteiger partial charge in [-0.05, 0) is 50.2 Å². The van der Waals surface area contributed by atoms with Gasteiger partial charge >= 0.3 is 6.03 Å². The number of anilines is 2. The van der Waals surface area contributed by atoms with Crippen LogP contribution in [0, 0.1) is 0 Å². The standard InChI is InChI=1S/C17H20N4O3/c1-11(2)19-17(23)21-13-8-6-12(7-9-13)20-15(22)14-5-4-10-18-16(14)24-3/h4-11H,1-3H3,(H,20,22)(H2,19,21,23). The van der Waals surface area contributed by atoms with Crippen molar-refractivity contribution in [3.63, 3.8) is 0 Å². The Morgan fingerprint density at radius 3 is 2.25 bits per heavy atom. The van der Waals surface area contributed by atoms with Gasteiger partial charge in [-0.3, -0.25) is 4.79 Å². The van der Waals surface area contributed by atoms with Crippen LogP contribution in [0.4, 0.5) is 16.2 Å². The van der Waals surface area contributed by atoms with E-state index in [1.165, 1.54) is 7.11 Å². The number of hydrogen-bond donors (Lipinski definition) is 3. The second-order valence-electron chi connectivity index (χ2n) is 5.34. The molecule has 1 aromatic carbocycles. The van der Waals surface area contributed by atoms with Crippen LogP contribution in [0.5, 0.6) is 5.88 Å². The molecule has 0 saturated heterocycles. The molecule has 2 rings (SSSR count). The number of amides is 3. The molecule has 7 heteroatoms. The van der Waals surface area contributed by atoms with E-state index in [1.54, 1.807) is 42.6 Å². The van der Waals surface area contributed by atoms with Crippen molar-refractivity contribution in [2.45, 2.75) is 19.9 Å². The number of methoxy groups -OCH3 is 1. The number of nitrogens with one attached hydrogen (secondary N) is 3. The van der Waals surface area contributed by atoms with Crippen molar-refractivity contribution in [2.24, 2.45) is 0 Å². The molecule has 0 atom stereocenters. The summed E-state index contributed by atoms with van der Waals surface area (Å²) >= 11 is 0. The highest BCUT2D eigenvalue weighted by molar-refractivity contribution is 6.05. The quantitative estimate of drug-likeness (QED) is 0.787. The van der Waals surface area contributed by atoms with Gasteiger partial charge in [0.15, 0.2) is 0 Å². The zero-order chi connectivity index (χ0) is 17.5. The first kappa shape index (κ1) is 17.3. The summed E-state index contributed by atoms with van der Waals surface area (Å²) in [4.78, 5) is 27.9. The third kappa shape index (κ3) is 4.70. The van der Waals surface area contributed by atoms with Gasteiger partial charge in [-0.15, -0.1) is 0 Å². The first-order chi connectivity index (χ1) is 11.5. The molecule has 3 amide bonds. The summed E-state index contributed by atoms with van der Waals surface area (Å²) in [6.45, 7) is 3.76. The molecule has 24 heavy (non-hydrogen) atoms. The van der Waals surface area contributed by atoms with Crippen LogP contribution < -0.4 is 20.7 Å². The minimum absolute atomic E-state index is 0.0537. The minimum Gasteiger partial charge on any atom is -0.480 e. The van der Waals surface area contributed by atoms with Crippen LogP contribution in [0.25, 0.3) is 0 Å². The molecule has 0 unspecified atom stereocenters. The topological polar surface area (TPSA) is 92.3 Å². The second-order valence-corrected chi connectivity index (χ2v) is 5.34. The number of rotatable bonds is 5. The molecule has 0 aliphatic rings. The third-order valence-electron chi connectivity index (χ3n) is 3.03. The van der Waals surface area contributed by atoms with Gasteiger partial charge < -0.3 is 20.7 Å². The summed E-state index contributed by atoms with van der Waals surface area (Å²) in [5, 5.41) is 8.20. The number of carbonyl (C=O) groups is 2. The Bertz CT molecular complexity index is 714. The van der Waals surface area contributed by atoms with Gasteiger partial charge in [-0.1, -0.05) is 0 Å². The molecule has 0 radical (unpaired) electrons. The summed E-state index contributed by atoms with van der Waals surface area (Å²) in [6, 6.07) is 9.88. The number of carbonyl (C=O) groups excluding carboxylic acids is 2. The Morgan fingerprint density at radius 2 is 1.67 bits per heavy atom. The Kier molecular flexibility index (Phi) is 5.73. The summed E-state index contributed by atoms with van der Waals surface area (Å²) in [5.74, 6) is -0.0585. The van der Waals surface area contributed by atoms with Gasteiger partial charge in [0.05, 0.1) is 7.11 Å². The van der Waals surface area contributed by atoms with Crippen molar-refractivity contribution < 1.29 is 14.3 Å². The van der Waals surface area contributed by atoms with Crippen LogP contribution in [-0.4, -0.2) is 30.1 Å². The van der Waals surface area contributed by atoms with Crippen molar-refractivity contribution in [3.05, 3.63) is 48.2 Å². The molecular formula is C17H20N4O3. The van der Waals surface area contributed by atoms with Crippen molar-refractivity contribution >= 4 is 23.3 Å². The van der Waals surface area contributed by atoms with Crippen LogP contribution in [0.1, 0.15) is 24.2 Å². The fourth-order valence-electron chi connectivity index (χ4n) is 1.99. The largest absolute Gasteiger partial charge is 0.480 e. The average Bonchev–Trinajstić information content (AvgIpc) is 2.55. The number of ether oxygens (including phenoxy) is 1. The van der Waals surface area contributed by atoms with Gasteiger partial charge in [0.25, 0.3) is 5.91 Å². The number of benzene rings is 1. The Hall–Kier alpha value is -3.09. The zero-order valence-electron chi connectivity index (χ0n) is 13.8. The van der Waals surface area contributed by atoms with Gasteiger partial charge in [0.1, 0.15) is 5.56 Å². The van der Waals surface area contributed by atoms with E-state index < -0.39 is 0 Å². The first-order valence-electron chi connectivity index (χ1n) is 7.47. The molecule has 0 bridgehead atoms. The Balaban J connectivity index is 2.01. The highest BCUT2D eigenvalue weighted by Gasteiger charge is 2.13. The predicted molar refractivity (Wildman–Crippen MR) is 92.5 cm³/mol. The van der Waals surface area contributed by atoms with E-state index in [2.05, 4.69) is 20.9 Å². The number of hydrogen-bond acceptors (Lipinski definition) is 4. The fraction of sp³-hybridized carbons (Fsp3) is 0.235. The lowest BCUT2D eigenvalue weighted by Crippen LogP contribution is -2.34. The maximum Gasteiger partial charge on any atom is 0.319 e. The molecule has 1 aromatic heterocycles. The van der Waals surface area contributed by atoms with Gasteiger partial charge in [0, 0.05) is 23.6 Å². The first-order valence-corrected chi connectivity index (χ1v) is 7.47. The Morgan fingerprint density at radius 1 is 1.04 bits per heavy atom. The van der Waals surface area contributed by atoms with E-state index >= 15 is 0 Å². The maximum absolute atomic E-state index is 12.3. The van der Waals surface area contributed by atoms with Crippen LogP contribution in [0.2, 0.25) is 0 Å². The smallest absolute Gasteiger partial charge is 0.319 e. The molecule has 2 aromatic rings.